The summed E-state index contributed by atoms with van der Waals surface area (Å²) in [6.07, 6.45) is 3.02. The molecule has 1 aromatic heterocycles. The van der Waals surface area contributed by atoms with Gasteiger partial charge in [-0.25, -0.2) is 9.48 Å². The van der Waals surface area contributed by atoms with E-state index < -0.39 is 0 Å². The molecule has 0 radical (unpaired) electrons. The van der Waals surface area contributed by atoms with Gasteiger partial charge in [-0.1, -0.05) is 42.5 Å². The van der Waals surface area contributed by atoms with Gasteiger partial charge >= 0.3 is 6.09 Å². The molecular weight excluding hydrogens is 392 g/mol. The number of carbonyl (C=O) groups is 1. The first-order chi connectivity index (χ1) is 15.3. The van der Waals surface area contributed by atoms with Crippen molar-refractivity contribution >= 4 is 22.8 Å². The fraction of sp³-hybridized carbons (Fsp3) is 0.417. The number of nitrogens with zero attached hydrogens (tertiary/aromatic N) is 4. The summed E-state index contributed by atoms with van der Waals surface area (Å²) in [5.74, 6) is 0.974. The maximum absolute atomic E-state index is 12.5. The quantitative estimate of drug-likeness (QED) is 0.633. The molecule has 2 aromatic carbocycles. The molecule has 7 heteroatoms. The number of carbonyl (C=O) groups excluding carboxylic acids is 1. The van der Waals surface area contributed by atoms with E-state index in [-0.39, 0.29) is 12.3 Å². The Balaban J connectivity index is 1.25. The van der Waals surface area contributed by atoms with Crippen LogP contribution < -0.4 is 4.90 Å². The number of ether oxygens (including phenoxy) is 2. The van der Waals surface area contributed by atoms with E-state index in [1.807, 2.05) is 41.1 Å². The topological polar surface area (TPSA) is 59.8 Å². The number of piperazine rings is 1. The minimum Gasteiger partial charge on any atom is -0.445 e. The van der Waals surface area contributed by atoms with Gasteiger partial charge in [0, 0.05) is 38.2 Å². The third kappa shape index (κ3) is 4.23. The van der Waals surface area contributed by atoms with E-state index in [1.165, 1.54) is 0 Å². The third-order valence-electron chi connectivity index (χ3n) is 6.07. The van der Waals surface area contributed by atoms with E-state index in [9.17, 15) is 4.79 Å². The third-order valence-corrected chi connectivity index (χ3v) is 6.07. The summed E-state index contributed by atoms with van der Waals surface area (Å²) in [6, 6.07) is 18.1. The van der Waals surface area contributed by atoms with Crippen molar-refractivity contribution in [1.82, 2.24) is 14.7 Å². The zero-order valence-corrected chi connectivity index (χ0v) is 17.7. The van der Waals surface area contributed by atoms with Crippen molar-refractivity contribution in [2.75, 3.05) is 37.7 Å². The first kappa shape index (κ1) is 19.9. The molecule has 2 aliphatic rings. The van der Waals surface area contributed by atoms with Gasteiger partial charge in [-0.05, 0) is 37.0 Å². The zero-order valence-electron chi connectivity index (χ0n) is 17.7. The van der Waals surface area contributed by atoms with Crippen molar-refractivity contribution < 1.29 is 14.3 Å². The lowest BCUT2D eigenvalue weighted by Gasteiger charge is -2.34. The second-order valence-electron chi connectivity index (χ2n) is 8.12. The maximum Gasteiger partial charge on any atom is 0.410 e. The van der Waals surface area contributed by atoms with Crippen molar-refractivity contribution in [3.8, 4) is 0 Å². The molecule has 0 bridgehead atoms. The molecule has 162 valence electrons. The molecule has 0 spiro atoms. The predicted octanol–water partition coefficient (Wildman–Crippen LogP) is 4.19. The molecular formula is C24H28N4O3. The fourth-order valence-corrected chi connectivity index (χ4v) is 4.35. The van der Waals surface area contributed by atoms with E-state index in [4.69, 9.17) is 14.6 Å². The van der Waals surface area contributed by atoms with Crippen LogP contribution in [-0.4, -0.2) is 53.6 Å². The second kappa shape index (κ2) is 8.98. The molecule has 3 heterocycles. The summed E-state index contributed by atoms with van der Waals surface area (Å²) in [4.78, 5) is 16.5. The molecule has 2 saturated heterocycles. The van der Waals surface area contributed by atoms with Gasteiger partial charge in [0.2, 0.25) is 0 Å². The summed E-state index contributed by atoms with van der Waals surface area (Å²) in [6.45, 7) is 3.79. The summed E-state index contributed by atoms with van der Waals surface area (Å²) in [7, 11) is 0. The summed E-state index contributed by atoms with van der Waals surface area (Å²) >= 11 is 0. The summed E-state index contributed by atoms with van der Waals surface area (Å²) in [5, 5.41) is 6.10. The second-order valence-corrected chi connectivity index (χ2v) is 8.12. The lowest BCUT2D eigenvalue weighted by molar-refractivity contribution is -0.0365. The highest BCUT2D eigenvalue weighted by Crippen LogP contribution is 2.32. The number of aromatic nitrogens is 2. The molecule has 2 aliphatic heterocycles. The van der Waals surface area contributed by atoms with E-state index >= 15 is 0 Å². The Kier molecular flexibility index (Phi) is 5.76. The number of benzene rings is 2. The average molecular weight is 421 g/mol. The Bertz CT molecular complexity index is 1020. The normalized spacial score (nSPS) is 19.5. The Morgan fingerprint density at radius 2 is 1.77 bits per heavy atom. The molecule has 0 saturated carbocycles. The van der Waals surface area contributed by atoms with Crippen LogP contribution in [0.25, 0.3) is 10.9 Å². The number of fused-ring (bicyclic) bond motifs is 1. The monoisotopic (exact) mass is 420 g/mol. The van der Waals surface area contributed by atoms with E-state index in [2.05, 4.69) is 23.1 Å². The largest absolute Gasteiger partial charge is 0.445 e. The number of hydrogen-bond acceptors (Lipinski definition) is 5. The Hall–Kier alpha value is -3.06. The Labute approximate surface area is 182 Å². The summed E-state index contributed by atoms with van der Waals surface area (Å²) in [5.41, 5.74) is 2.10. The van der Waals surface area contributed by atoms with Gasteiger partial charge in [-0.15, -0.1) is 0 Å². The molecule has 31 heavy (non-hydrogen) atoms. The van der Waals surface area contributed by atoms with Gasteiger partial charge in [-0.2, -0.15) is 5.10 Å². The van der Waals surface area contributed by atoms with Crippen LogP contribution in [0, 0.1) is 0 Å². The number of hydrogen-bond donors (Lipinski definition) is 0. The lowest BCUT2D eigenvalue weighted by Crippen LogP contribution is -2.49. The smallest absolute Gasteiger partial charge is 0.410 e. The van der Waals surface area contributed by atoms with Gasteiger partial charge in [0.05, 0.1) is 5.52 Å². The number of anilines is 1. The molecule has 1 unspecified atom stereocenters. The van der Waals surface area contributed by atoms with Crippen LogP contribution in [0.3, 0.4) is 0 Å². The lowest BCUT2D eigenvalue weighted by atomic mass is 10.2. The molecule has 0 aliphatic carbocycles. The highest BCUT2D eigenvalue weighted by molar-refractivity contribution is 5.91. The van der Waals surface area contributed by atoms with Crippen LogP contribution in [0.5, 0.6) is 0 Å². The van der Waals surface area contributed by atoms with Crippen molar-refractivity contribution in [2.45, 2.75) is 32.1 Å². The first-order valence-corrected chi connectivity index (χ1v) is 11.1. The number of para-hydroxylation sites is 1. The van der Waals surface area contributed by atoms with Crippen LogP contribution >= 0.6 is 0 Å². The first-order valence-electron chi connectivity index (χ1n) is 11.1. The molecule has 7 nitrogen and oxygen atoms in total. The van der Waals surface area contributed by atoms with Crippen LogP contribution in [-0.2, 0) is 16.1 Å². The number of rotatable bonds is 4. The number of amides is 1. The Morgan fingerprint density at radius 1 is 1.00 bits per heavy atom. The van der Waals surface area contributed by atoms with E-state index in [0.29, 0.717) is 19.7 Å². The van der Waals surface area contributed by atoms with E-state index in [0.717, 1.165) is 61.2 Å². The fourth-order valence-electron chi connectivity index (χ4n) is 4.35. The maximum atomic E-state index is 12.5. The average Bonchev–Trinajstić information content (AvgIpc) is 3.24. The minimum absolute atomic E-state index is 0.00153. The summed E-state index contributed by atoms with van der Waals surface area (Å²) < 4.78 is 13.5. The van der Waals surface area contributed by atoms with Gasteiger partial charge in [0.15, 0.2) is 12.0 Å². The van der Waals surface area contributed by atoms with Crippen molar-refractivity contribution in [2.24, 2.45) is 0 Å². The van der Waals surface area contributed by atoms with Gasteiger partial charge in [0.25, 0.3) is 0 Å². The van der Waals surface area contributed by atoms with E-state index in [1.54, 1.807) is 4.90 Å². The van der Waals surface area contributed by atoms with Gasteiger partial charge < -0.3 is 19.3 Å². The standard InChI is InChI=1S/C24H28N4O3/c29-24(31-18-19-8-2-1-3-9-19)27-15-13-26(14-16-27)23-20-10-4-5-11-21(20)28(25-23)22-12-6-7-17-30-22/h1-5,8-11,22H,6-7,12-18H2. The van der Waals surface area contributed by atoms with Crippen LogP contribution in [0.2, 0.25) is 0 Å². The highest BCUT2D eigenvalue weighted by atomic mass is 16.6. The Morgan fingerprint density at radius 3 is 2.55 bits per heavy atom. The molecule has 0 N–H and O–H groups in total. The van der Waals surface area contributed by atoms with Gasteiger partial charge in [-0.3, -0.25) is 0 Å². The van der Waals surface area contributed by atoms with Crippen LogP contribution in [0.1, 0.15) is 31.1 Å². The van der Waals surface area contributed by atoms with Crippen LogP contribution in [0.15, 0.2) is 54.6 Å². The molecule has 1 amide bonds. The predicted molar refractivity (Wildman–Crippen MR) is 119 cm³/mol. The zero-order chi connectivity index (χ0) is 21.0. The molecule has 2 fully saturated rings. The highest BCUT2D eigenvalue weighted by Gasteiger charge is 2.27. The van der Waals surface area contributed by atoms with Crippen molar-refractivity contribution in [1.29, 1.82) is 0 Å². The van der Waals surface area contributed by atoms with Crippen LogP contribution in [0.4, 0.5) is 10.6 Å². The van der Waals surface area contributed by atoms with Gasteiger partial charge in [0.1, 0.15) is 6.61 Å². The SMILES string of the molecule is O=C(OCc1ccccc1)N1CCN(c2nn(C3CCCCO3)c3ccccc23)CC1. The molecule has 3 aromatic rings. The molecule has 1 atom stereocenters. The minimum atomic E-state index is -0.255. The van der Waals surface area contributed by atoms with Crippen molar-refractivity contribution in [3.05, 3.63) is 60.2 Å². The van der Waals surface area contributed by atoms with Crippen molar-refractivity contribution in [3.63, 3.8) is 0 Å². The molecule has 5 rings (SSSR count).